The van der Waals surface area contributed by atoms with Gasteiger partial charge in [-0.15, -0.1) is 0 Å². The monoisotopic (exact) mass is 277 g/mol. The van der Waals surface area contributed by atoms with Crippen molar-refractivity contribution in [3.63, 3.8) is 0 Å². The Morgan fingerprint density at radius 2 is 2.05 bits per heavy atom. The molecule has 0 fully saturated rings. The first-order valence-electron chi connectivity index (χ1n) is 5.55. The number of carbonyl (C=O) groups excluding carboxylic acids is 1. The van der Waals surface area contributed by atoms with E-state index in [-0.39, 0.29) is 16.8 Å². The Morgan fingerprint density at radius 3 is 2.74 bits per heavy atom. The lowest BCUT2D eigenvalue weighted by Crippen LogP contribution is -2.15. The number of ether oxygens (including phenoxy) is 1. The number of rotatable bonds is 3. The van der Waals surface area contributed by atoms with Crippen molar-refractivity contribution in [3.8, 4) is 5.75 Å². The first-order valence-corrected chi connectivity index (χ1v) is 5.93. The average Bonchev–Trinajstić information content (AvgIpc) is 2.38. The van der Waals surface area contributed by atoms with Gasteiger partial charge in [0, 0.05) is 6.07 Å². The molecule has 1 heterocycles. The van der Waals surface area contributed by atoms with Gasteiger partial charge in [0.1, 0.15) is 22.4 Å². The smallest absolute Gasteiger partial charge is 0.274 e. The van der Waals surface area contributed by atoms with Gasteiger partial charge in [0.2, 0.25) is 0 Å². The molecule has 19 heavy (non-hydrogen) atoms. The number of para-hydroxylation sites is 2. The third kappa shape index (κ3) is 3.20. The minimum atomic E-state index is -0.364. The standard InChI is InChI=1S/C13H12ClN3O2/c1-8-15-10(7-12(14)16-8)13(18)17-9-5-3-4-6-11(9)19-2/h3-7H,1-2H3,(H,17,18). The largest absolute Gasteiger partial charge is 0.495 e. The van der Waals surface area contributed by atoms with Crippen LogP contribution >= 0.6 is 11.6 Å². The van der Waals surface area contributed by atoms with Gasteiger partial charge in [-0.3, -0.25) is 4.79 Å². The lowest BCUT2D eigenvalue weighted by Gasteiger charge is -2.09. The van der Waals surface area contributed by atoms with Crippen molar-refractivity contribution in [2.24, 2.45) is 0 Å². The Hall–Kier alpha value is -2.14. The van der Waals surface area contributed by atoms with Crippen molar-refractivity contribution in [2.75, 3.05) is 12.4 Å². The van der Waals surface area contributed by atoms with Crippen LogP contribution in [0, 0.1) is 6.92 Å². The van der Waals surface area contributed by atoms with Gasteiger partial charge in [-0.25, -0.2) is 9.97 Å². The number of aryl methyl sites for hydroxylation is 1. The number of nitrogens with one attached hydrogen (secondary N) is 1. The number of hydrogen-bond acceptors (Lipinski definition) is 4. The maximum Gasteiger partial charge on any atom is 0.274 e. The Kier molecular flexibility index (Phi) is 3.97. The Bertz CT molecular complexity index is 596. The minimum Gasteiger partial charge on any atom is -0.495 e. The van der Waals surface area contributed by atoms with Crippen molar-refractivity contribution in [3.05, 3.63) is 47.0 Å². The molecule has 0 saturated heterocycles. The van der Waals surface area contributed by atoms with E-state index in [2.05, 4.69) is 15.3 Å². The second kappa shape index (κ2) is 5.67. The molecule has 5 nitrogen and oxygen atoms in total. The Morgan fingerprint density at radius 1 is 1.32 bits per heavy atom. The molecule has 0 bridgehead atoms. The van der Waals surface area contributed by atoms with Crippen molar-refractivity contribution in [1.82, 2.24) is 9.97 Å². The summed E-state index contributed by atoms with van der Waals surface area (Å²) in [6.45, 7) is 1.67. The van der Waals surface area contributed by atoms with Crippen molar-refractivity contribution < 1.29 is 9.53 Å². The van der Waals surface area contributed by atoms with E-state index in [4.69, 9.17) is 16.3 Å². The van der Waals surface area contributed by atoms with E-state index in [0.29, 0.717) is 17.3 Å². The van der Waals surface area contributed by atoms with Crippen LogP contribution in [0.15, 0.2) is 30.3 Å². The number of amides is 1. The number of benzene rings is 1. The predicted octanol–water partition coefficient (Wildman–Crippen LogP) is 2.70. The van der Waals surface area contributed by atoms with Crippen molar-refractivity contribution >= 4 is 23.2 Å². The van der Waals surface area contributed by atoms with E-state index in [9.17, 15) is 4.79 Å². The van der Waals surface area contributed by atoms with Gasteiger partial charge in [0.15, 0.2) is 0 Å². The van der Waals surface area contributed by atoms with Crippen LogP contribution in [-0.4, -0.2) is 23.0 Å². The summed E-state index contributed by atoms with van der Waals surface area (Å²) in [7, 11) is 1.54. The Labute approximate surface area is 115 Å². The van der Waals surface area contributed by atoms with E-state index < -0.39 is 0 Å². The second-order valence-corrected chi connectivity index (χ2v) is 4.16. The molecule has 0 atom stereocenters. The molecular formula is C13H12ClN3O2. The highest BCUT2D eigenvalue weighted by atomic mass is 35.5. The van der Waals surface area contributed by atoms with Crippen LogP contribution in [0.25, 0.3) is 0 Å². The van der Waals surface area contributed by atoms with Gasteiger partial charge in [-0.2, -0.15) is 0 Å². The number of halogens is 1. The van der Waals surface area contributed by atoms with E-state index in [1.807, 2.05) is 6.07 Å². The Balaban J connectivity index is 2.25. The summed E-state index contributed by atoms with van der Waals surface area (Å²) in [6.07, 6.45) is 0. The normalized spacial score (nSPS) is 10.1. The topological polar surface area (TPSA) is 64.1 Å². The predicted molar refractivity (Wildman–Crippen MR) is 72.7 cm³/mol. The summed E-state index contributed by atoms with van der Waals surface area (Å²) in [6, 6.07) is 8.54. The maximum atomic E-state index is 12.1. The number of carbonyl (C=O) groups is 1. The molecule has 0 aliphatic heterocycles. The van der Waals surface area contributed by atoms with Gasteiger partial charge in [0.25, 0.3) is 5.91 Å². The van der Waals surface area contributed by atoms with Crippen LogP contribution in [0.2, 0.25) is 5.15 Å². The first-order chi connectivity index (χ1) is 9.10. The fraction of sp³-hybridized carbons (Fsp3) is 0.154. The van der Waals surface area contributed by atoms with Crippen LogP contribution in [0.4, 0.5) is 5.69 Å². The summed E-state index contributed by atoms with van der Waals surface area (Å²) < 4.78 is 5.16. The van der Waals surface area contributed by atoms with Crippen molar-refractivity contribution in [1.29, 1.82) is 0 Å². The molecule has 0 spiro atoms. The minimum absolute atomic E-state index is 0.211. The zero-order chi connectivity index (χ0) is 13.8. The maximum absolute atomic E-state index is 12.1. The van der Waals surface area contributed by atoms with Gasteiger partial charge >= 0.3 is 0 Å². The van der Waals surface area contributed by atoms with Crippen LogP contribution in [-0.2, 0) is 0 Å². The quantitative estimate of drug-likeness (QED) is 0.876. The summed E-state index contributed by atoms with van der Waals surface area (Å²) >= 11 is 5.80. The molecule has 1 amide bonds. The highest BCUT2D eigenvalue weighted by Crippen LogP contribution is 2.23. The number of aromatic nitrogens is 2. The molecule has 0 aliphatic rings. The molecule has 1 aromatic carbocycles. The molecule has 0 unspecified atom stereocenters. The first kappa shape index (κ1) is 13.3. The fourth-order valence-electron chi connectivity index (χ4n) is 1.58. The highest BCUT2D eigenvalue weighted by molar-refractivity contribution is 6.29. The third-order valence-electron chi connectivity index (χ3n) is 2.39. The van der Waals surface area contributed by atoms with E-state index in [1.165, 1.54) is 13.2 Å². The van der Waals surface area contributed by atoms with Crippen LogP contribution < -0.4 is 10.1 Å². The summed E-state index contributed by atoms with van der Waals surface area (Å²) in [5.74, 6) is 0.655. The summed E-state index contributed by atoms with van der Waals surface area (Å²) in [5, 5.41) is 2.95. The lowest BCUT2D eigenvalue weighted by atomic mass is 10.2. The van der Waals surface area contributed by atoms with E-state index in [0.717, 1.165) is 0 Å². The lowest BCUT2D eigenvalue weighted by molar-refractivity contribution is 0.102. The highest BCUT2D eigenvalue weighted by Gasteiger charge is 2.12. The number of anilines is 1. The molecule has 6 heteroatoms. The number of nitrogens with zero attached hydrogens (tertiary/aromatic N) is 2. The van der Waals surface area contributed by atoms with Gasteiger partial charge < -0.3 is 10.1 Å². The SMILES string of the molecule is COc1ccccc1NC(=O)c1cc(Cl)nc(C)n1. The molecule has 2 rings (SSSR count). The number of hydrogen-bond donors (Lipinski definition) is 1. The summed E-state index contributed by atoms with van der Waals surface area (Å²) in [4.78, 5) is 20.0. The van der Waals surface area contributed by atoms with Crippen LogP contribution in [0.3, 0.4) is 0 Å². The molecule has 2 aromatic rings. The van der Waals surface area contributed by atoms with Crippen LogP contribution in [0.5, 0.6) is 5.75 Å². The third-order valence-corrected chi connectivity index (χ3v) is 2.59. The summed E-state index contributed by atoms with van der Waals surface area (Å²) in [5.41, 5.74) is 0.783. The van der Waals surface area contributed by atoms with Crippen LogP contribution in [0.1, 0.15) is 16.3 Å². The zero-order valence-electron chi connectivity index (χ0n) is 10.5. The zero-order valence-corrected chi connectivity index (χ0v) is 11.2. The van der Waals surface area contributed by atoms with Gasteiger partial charge in [-0.1, -0.05) is 23.7 Å². The molecule has 1 aromatic heterocycles. The van der Waals surface area contributed by atoms with Gasteiger partial charge in [0.05, 0.1) is 12.8 Å². The van der Waals surface area contributed by atoms with E-state index >= 15 is 0 Å². The molecular weight excluding hydrogens is 266 g/mol. The van der Waals surface area contributed by atoms with E-state index in [1.54, 1.807) is 25.1 Å². The number of methoxy groups -OCH3 is 1. The average molecular weight is 278 g/mol. The molecule has 0 aliphatic carbocycles. The molecule has 98 valence electrons. The fourth-order valence-corrected chi connectivity index (χ4v) is 1.81. The molecule has 1 N–H and O–H groups in total. The second-order valence-electron chi connectivity index (χ2n) is 3.78. The van der Waals surface area contributed by atoms with Gasteiger partial charge in [-0.05, 0) is 19.1 Å². The van der Waals surface area contributed by atoms with Crippen molar-refractivity contribution in [2.45, 2.75) is 6.92 Å². The molecule has 0 saturated carbocycles. The molecule has 0 radical (unpaired) electrons.